The number of H-pyrrole nitrogens is 1. The second kappa shape index (κ2) is 6.64. The van der Waals surface area contributed by atoms with Crippen molar-refractivity contribution < 1.29 is 14.7 Å². The van der Waals surface area contributed by atoms with E-state index in [0.717, 1.165) is 16.8 Å². The molecule has 0 aliphatic heterocycles. The molecule has 1 amide bonds. The number of aryl methyl sites for hydroxylation is 1. The van der Waals surface area contributed by atoms with Crippen LogP contribution < -0.4 is 5.32 Å². The van der Waals surface area contributed by atoms with Gasteiger partial charge in [-0.1, -0.05) is 32.0 Å². The molecule has 2 rings (SSSR count). The molecule has 3 N–H and O–H groups in total. The van der Waals surface area contributed by atoms with Gasteiger partial charge in [-0.3, -0.25) is 9.89 Å². The molecular weight excluding hydrogens is 294 g/mol. The van der Waals surface area contributed by atoms with E-state index in [-0.39, 0.29) is 11.6 Å². The molecule has 1 unspecified atom stereocenters. The topological polar surface area (TPSA) is 95.1 Å². The smallest absolute Gasteiger partial charge is 0.330 e. The number of hydrogen-bond acceptors (Lipinski definition) is 3. The molecule has 1 aromatic carbocycles. The van der Waals surface area contributed by atoms with Gasteiger partial charge in [-0.15, -0.1) is 0 Å². The molecule has 0 aliphatic rings. The Hall–Kier alpha value is -2.63. The quantitative estimate of drug-likeness (QED) is 0.790. The van der Waals surface area contributed by atoms with Gasteiger partial charge in [-0.05, 0) is 42.5 Å². The van der Waals surface area contributed by atoms with E-state index in [2.05, 4.69) is 15.5 Å². The number of aromatic amines is 1. The van der Waals surface area contributed by atoms with E-state index >= 15 is 0 Å². The van der Waals surface area contributed by atoms with Crippen molar-refractivity contribution in [2.75, 3.05) is 0 Å². The van der Waals surface area contributed by atoms with Gasteiger partial charge < -0.3 is 10.4 Å². The number of rotatable bonds is 5. The van der Waals surface area contributed by atoms with Crippen LogP contribution in [0.1, 0.15) is 58.7 Å². The lowest BCUT2D eigenvalue weighted by Gasteiger charge is -2.17. The molecule has 0 saturated carbocycles. The van der Waals surface area contributed by atoms with Crippen LogP contribution in [0.25, 0.3) is 0 Å². The van der Waals surface area contributed by atoms with Gasteiger partial charge in [0.25, 0.3) is 5.91 Å². The number of carboxylic acids is 1. The number of aromatic nitrogens is 2. The van der Waals surface area contributed by atoms with Gasteiger partial charge in [0.05, 0.1) is 0 Å². The predicted molar refractivity (Wildman–Crippen MR) is 86.4 cm³/mol. The summed E-state index contributed by atoms with van der Waals surface area (Å²) in [7, 11) is 0. The molecule has 1 heterocycles. The third kappa shape index (κ3) is 3.59. The SMILES string of the molecule is Cc1cccc(C(NC(=O)c2cc(C(C)C)[nH]n2)C(=O)O)c1C. The zero-order valence-corrected chi connectivity index (χ0v) is 13.7. The first-order valence-corrected chi connectivity index (χ1v) is 7.46. The van der Waals surface area contributed by atoms with E-state index < -0.39 is 17.9 Å². The van der Waals surface area contributed by atoms with E-state index in [1.54, 1.807) is 18.2 Å². The number of carboxylic acid groups (broad SMARTS) is 1. The molecule has 122 valence electrons. The fraction of sp³-hybridized carbons (Fsp3) is 0.353. The summed E-state index contributed by atoms with van der Waals surface area (Å²) in [6, 6.07) is 5.93. The van der Waals surface area contributed by atoms with Crippen LogP contribution in [0, 0.1) is 13.8 Å². The monoisotopic (exact) mass is 315 g/mol. The molecule has 1 aromatic heterocycles. The summed E-state index contributed by atoms with van der Waals surface area (Å²) >= 11 is 0. The van der Waals surface area contributed by atoms with Gasteiger partial charge in [-0.2, -0.15) is 5.10 Å². The minimum Gasteiger partial charge on any atom is -0.479 e. The molecule has 0 saturated heterocycles. The lowest BCUT2D eigenvalue weighted by molar-refractivity contribution is -0.139. The zero-order chi connectivity index (χ0) is 17.1. The number of amides is 1. The Morgan fingerprint density at radius 1 is 1.26 bits per heavy atom. The minimum absolute atomic E-state index is 0.185. The largest absolute Gasteiger partial charge is 0.479 e. The minimum atomic E-state index is -1.11. The molecule has 0 fully saturated rings. The molecule has 1 atom stereocenters. The first-order valence-electron chi connectivity index (χ1n) is 7.46. The van der Waals surface area contributed by atoms with Crippen LogP contribution in [0.15, 0.2) is 24.3 Å². The van der Waals surface area contributed by atoms with Crippen molar-refractivity contribution in [1.29, 1.82) is 0 Å². The number of nitrogens with one attached hydrogen (secondary N) is 2. The number of carbonyl (C=O) groups excluding carboxylic acids is 1. The molecule has 0 spiro atoms. The Morgan fingerprint density at radius 2 is 1.96 bits per heavy atom. The fourth-order valence-corrected chi connectivity index (χ4v) is 2.31. The van der Waals surface area contributed by atoms with Crippen molar-refractivity contribution >= 4 is 11.9 Å². The second-order valence-electron chi connectivity index (χ2n) is 5.90. The maximum Gasteiger partial charge on any atom is 0.330 e. The Labute approximate surface area is 134 Å². The molecular formula is C17H21N3O3. The van der Waals surface area contributed by atoms with Crippen molar-refractivity contribution in [3.8, 4) is 0 Å². The van der Waals surface area contributed by atoms with Crippen LogP contribution in [-0.4, -0.2) is 27.2 Å². The van der Waals surface area contributed by atoms with E-state index in [1.165, 1.54) is 0 Å². The van der Waals surface area contributed by atoms with Crippen molar-refractivity contribution in [2.45, 2.75) is 39.7 Å². The zero-order valence-electron chi connectivity index (χ0n) is 13.7. The van der Waals surface area contributed by atoms with Gasteiger partial charge in [0.2, 0.25) is 0 Å². The Bertz CT molecular complexity index is 734. The summed E-state index contributed by atoms with van der Waals surface area (Å²) in [5.41, 5.74) is 3.42. The average Bonchev–Trinajstić information content (AvgIpc) is 2.98. The Morgan fingerprint density at radius 3 is 2.52 bits per heavy atom. The number of nitrogens with zero attached hydrogens (tertiary/aromatic N) is 1. The van der Waals surface area contributed by atoms with Crippen LogP contribution in [-0.2, 0) is 4.79 Å². The van der Waals surface area contributed by atoms with Crippen molar-refractivity contribution in [2.24, 2.45) is 0 Å². The fourth-order valence-electron chi connectivity index (χ4n) is 2.31. The molecule has 6 nitrogen and oxygen atoms in total. The number of benzene rings is 1. The average molecular weight is 315 g/mol. The van der Waals surface area contributed by atoms with E-state index in [4.69, 9.17) is 0 Å². The molecule has 0 aliphatic carbocycles. The summed E-state index contributed by atoms with van der Waals surface area (Å²) in [4.78, 5) is 23.9. The number of carbonyl (C=O) groups is 2. The van der Waals surface area contributed by atoms with Gasteiger partial charge in [0.1, 0.15) is 5.69 Å². The normalized spacial score (nSPS) is 12.2. The maximum absolute atomic E-state index is 12.3. The molecule has 2 aromatic rings. The van der Waals surface area contributed by atoms with Crippen molar-refractivity contribution in [1.82, 2.24) is 15.5 Å². The summed E-state index contributed by atoms with van der Waals surface area (Å²) in [6.07, 6.45) is 0. The Balaban J connectivity index is 2.27. The first-order chi connectivity index (χ1) is 10.8. The number of hydrogen-bond donors (Lipinski definition) is 3. The van der Waals surface area contributed by atoms with Gasteiger partial charge in [0.15, 0.2) is 6.04 Å². The highest BCUT2D eigenvalue weighted by Crippen LogP contribution is 2.21. The highest BCUT2D eigenvalue weighted by molar-refractivity contribution is 5.95. The van der Waals surface area contributed by atoms with Crippen LogP contribution in [0.5, 0.6) is 0 Å². The van der Waals surface area contributed by atoms with Gasteiger partial charge in [0, 0.05) is 5.69 Å². The van der Waals surface area contributed by atoms with E-state index in [0.29, 0.717) is 5.56 Å². The van der Waals surface area contributed by atoms with E-state index in [9.17, 15) is 14.7 Å². The maximum atomic E-state index is 12.3. The highest BCUT2D eigenvalue weighted by Gasteiger charge is 2.25. The Kier molecular flexibility index (Phi) is 4.83. The molecule has 0 bridgehead atoms. The van der Waals surface area contributed by atoms with Crippen LogP contribution >= 0.6 is 0 Å². The van der Waals surface area contributed by atoms with Crippen LogP contribution in [0.4, 0.5) is 0 Å². The lowest BCUT2D eigenvalue weighted by atomic mass is 9.97. The summed E-state index contributed by atoms with van der Waals surface area (Å²) in [6.45, 7) is 7.71. The van der Waals surface area contributed by atoms with Crippen molar-refractivity contribution in [3.05, 3.63) is 52.3 Å². The highest BCUT2D eigenvalue weighted by atomic mass is 16.4. The predicted octanol–water partition coefficient (Wildman–Crippen LogP) is 2.71. The van der Waals surface area contributed by atoms with Gasteiger partial charge >= 0.3 is 5.97 Å². The molecule has 0 radical (unpaired) electrons. The molecule has 6 heteroatoms. The standard InChI is InChI=1S/C17H21N3O3/c1-9(2)13-8-14(20-19-13)16(21)18-15(17(22)23)12-7-5-6-10(3)11(12)4/h5-9,15H,1-4H3,(H,18,21)(H,19,20)(H,22,23). The van der Waals surface area contributed by atoms with Gasteiger partial charge in [-0.25, -0.2) is 4.79 Å². The van der Waals surface area contributed by atoms with Crippen LogP contribution in [0.3, 0.4) is 0 Å². The third-order valence-electron chi connectivity index (χ3n) is 3.93. The summed E-state index contributed by atoms with van der Waals surface area (Å²) < 4.78 is 0. The summed E-state index contributed by atoms with van der Waals surface area (Å²) in [5.74, 6) is -1.41. The number of aliphatic carboxylic acids is 1. The second-order valence-corrected chi connectivity index (χ2v) is 5.90. The summed E-state index contributed by atoms with van der Waals surface area (Å²) in [5, 5.41) is 18.8. The lowest BCUT2D eigenvalue weighted by Crippen LogP contribution is -2.34. The molecule has 23 heavy (non-hydrogen) atoms. The van der Waals surface area contributed by atoms with Crippen molar-refractivity contribution in [3.63, 3.8) is 0 Å². The van der Waals surface area contributed by atoms with E-state index in [1.807, 2.05) is 33.8 Å². The third-order valence-corrected chi connectivity index (χ3v) is 3.93. The first kappa shape index (κ1) is 16.7. The van der Waals surface area contributed by atoms with Crippen LogP contribution in [0.2, 0.25) is 0 Å².